The molecule has 1 aliphatic rings. The van der Waals surface area contributed by atoms with Gasteiger partial charge in [0.2, 0.25) is 0 Å². The number of ketones is 1. The van der Waals surface area contributed by atoms with Crippen LogP contribution in [0, 0.1) is 0 Å². The average Bonchev–Trinajstić information content (AvgIpc) is 3.28. The molecule has 1 saturated heterocycles. The number of benzene rings is 2. The molecule has 6 nitrogen and oxygen atoms in total. The van der Waals surface area contributed by atoms with E-state index in [4.69, 9.17) is 0 Å². The quantitative estimate of drug-likeness (QED) is 0.313. The summed E-state index contributed by atoms with van der Waals surface area (Å²) < 4.78 is 1.96. The van der Waals surface area contributed by atoms with E-state index in [1.807, 2.05) is 60.3 Å². The first-order chi connectivity index (χ1) is 15.1. The van der Waals surface area contributed by atoms with Crippen molar-refractivity contribution in [1.29, 1.82) is 0 Å². The molecule has 0 bridgehead atoms. The molecule has 3 heterocycles. The largest absolute Gasteiger partial charge is 0.507 e. The van der Waals surface area contributed by atoms with Gasteiger partial charge in [0.1, 0.15) is 5.76 Å². The van der Waals surface area contributed by atoms with E-state index in [9.17, 15) is 14.7 Å². The van der Waals surface area contributed by atoms with Crippen LogP contribution in [0.1, 0.15) is 17.2 Å². The predicted molar refractivity (Wildman–Crippen MR) is 118 cm³/mol. The number of hydrogen-bond donors (Lipinski definition) is 1. The highest BCUT2D eigenvalue weighted by Crippen LogP contribution is 2.44. The maximum Gasteiger partial charge on any atom is 0.300 e. The summed E-state index contributed by atoms with van der Waals surface area (Å²) in [5.41, 5.74) is 2.84. The fourth-order valence-corrected chi connectivity index (χ4v) is 4.24. The lowest BCUT2D eigenvalue weighted by molar-refractivity contribution is -0.132. The standard InChI is InChI=1S/C25H19N3O3/c1-27-15-19(18-9-5-6-10-20(18)27)22-21(23(29)16-11-13-26-14-12-16)24(30)25(31)28(22)17-7-3-2-4-8-17/h2-15,22,29H,1H3/b23-21+. The van der Waals surface area contributed by atoms with Gasteiger partial charge in [0.05, 0.1) is 11.6 Å². The maximum atomic E-state index is 13.2. The molecule has 1 amide bonds. The van der Waals surface area contributed by atoms with Gasteiger partial charge in [0, 0.05) is 53.4 Å². The Kier molecular flexibility index (Phi) is 4.40. The maximum absolute atomic E-state index is 13.2. The van der Waals surface area contributed by atoms with E-state index in [0.29, 0.717) is 11.3 Å². The second-order valence-electron chi connectivity index (χ2n) is 7.45. The van der Waals surface area contributed by atoms with E-state index < -0.39 is 17.7 Å². The van der Waals surface area contributed by atoms with Crippen LogP contribution in [0.3, 0.4) is 0 Å². The summed E-state index contributed by atoms with van der Waals surface area (Å²) in [6.45, 7) is 0. The van der Waals surface area contributed by atoms with Crippen molar-refractivity contribution in [2.45, 2.75) is 6.04 Å². The summed E-state index contributed by atoms with van der Waals surface area (Å²) in [5.74, 6) is -1.59. The number of aliphatic hydroxyl groups excluding tert-OH is 1. The number of para-hydroxylation sites is 2. The van der Waals surface area contributed by atoms with Crippen molar-refractivity contribution in [3.63, 3.8) is 0 Å². The van der Waals surface area contributed by atoms with Gasteiger partial charge >= 0.3 is 0 Å². The Bertz CT molecular complexity index is 1340. The van der Waals surface area contributed by atoms with E-state index in [0.717, 1.165) is 16.5 Å². The molecule has 0 saturated carbocycles. The summed E-state index contributed by atoms with van der Waals surface area (Å²) in [6.07, 6.45) is 4.99. The van der Waals surface area contributed by atoms with Crippen LogP contribution in [0.5, 0.6) is 0 Å². The Morgan fingerprint density at radius 1 is 0.935 bits per heavy atom. The van der Waals surface area contributed by atoms with Crippen molar-refractivity contribution in [3.8, 4) is 0 Å². The van der Waals surface area contributed by atoms with Crippen LogP contribution < -0.4 is 4.90 Å². The zero-order valence-electron chi connectivity index (χ0n) is 16.8. The molecular weight excluding hydrogens is 390 g/mol. The van der Waals surface area contributed by atoms with Crippen LogP contribution in [-0.2, 0) is 16.6 Å². The SMILES string of the molecule is Cn1cc(C2/C(=C(\O)c3ccncc3)C(=O)C(=O)N2c2ccccc2)c2ccccc21. The Hall–Kier alpha value is -4.19. The highest BCUT2D eigenvalue weighted by molar-refractivity contribution is 6.51. The summed E-state index contributed by atoms with van der Waals surface area (Å²) in [4.78, 5) is 31.8. The first kappa shape index (κ1) is 18.8. The number of aryl methyl sites for hydroxylation is 1. The smallest absolute Gasteiger partial charge is 0.300 e. The predicted octanol–water partition coefficient (Wildman–Crippen LogP) is 4.20. The highest BCUT2D eigenvalue weighted by atomic mass is 16.3. The second kappa shape index (κ2) is 7.25. The summed E-state index contributed by atoms with van der Waals surface area (Å²) >= 11 is 0. The van der Waals surface area contributed by atoms with Crippen molar-refractivity contribution in [3.05, 3.63) is 102 Å². The topological polar surface area (TPSA) is 75.4 Å². The summed E-state index contributed by atoms with van der Waals surface area (Å²) in [6, 6.07) is 19.3. The molecule has 5 rings (SSSR count). The number of hydrogen-bond acceptors (Lipinski definition) is 4. The molecule has 152 valence electrons. The lowest BCUT2D eigenvalue weighted by Gasteiger charge is -2.25. The van der Waals surface area contributed by atoms with E-state index in [2.05, 4.69) is 4.98 Å². The molecule has 0 spiro atoms. The van der Waals surface area contributed by atoms with E-state index >= 15 is 0 Å². The Morgan fingerprint density at radius 2 is 1.61 bits per heavy atom. The molecule has 2 aromatic carbocycles. The van der Waals surface area contributed by atoms with E-state index in [1.165, 1.54) is 17.3 Å². The number of aromatic nitrogens is 2. The third-order valence-electron chi connectivity index (χ3n) is 5.65. The van der Waals surface area contributed by atoms with Crippen LogP contribution in [0.15, 0.2) is 90.9 Å². The number of anilines is 1. The van der Waals surface area contributed by atoms with Gasteiger partial charge in [-0.25, -0.2) is 0 Å². The minimum Gasteiger partial charge on any atom is -0.507 e. The number of aliphatic hydroxyl groups is 1. The fraction of sp³-hybridized carbons (Fsp3) is 0.0800. The minimum atomic E-state index is -0.762. The third-order valence-corrected chi connectivity index (χ3v) is 5.65. The first-order valence-electron chi connectivity index (χ1n) is 9.88. The van der Waals surface area contributed by atoms with Gasteiger partial charge in [-0.05, 0) is 30.3 Å². The molecule has 1 atom stereocenters. The van der Waals surface area contributed by atoms with Crippen LogP contribution in [0.4, 0.5) is 5.69 Å². The van der Waals surface area contributed by atoms with Crippen molar-refractivity contribution in [1.82, 2.24) is 9.55 Å². The van der Waals surface area contributed by atoms with Crippen LogP contribution in [-0.4, -0.2) is 26.3 Å². The van der Waals surface area contributed by atoms with Gasteiger partial charge in [-0.15, -0.1) is 0 Å². The highest BCUT2D eigenvalue weighted by Gasteiger charge is 2.47. The van der Waals surface area contributed by atoms with Crippen molar-refractivity contribution in [2.75, 3.05) is 4.90 Å². The summed E-state index contributed by atoms with van der Waals surface area (Å²) in [5, 5.41) is 12.0. The number of nitrogens with zero attached hydrogens (tertiary/aromatic N) is 3. The number of pyridine rings is 1. The molecular formula is C25H19N3O3. The molecule has 31 heavy (non-hydrogen) atoms. The zero-order chi connectivity index (χ0) is 21.5. The number of amides is 1. The fourth-order valence-electron chi connectivity index (χ4n) is 4.24. The third kappa shape index (κ3) is 2.92. The molecule has 2 aromatic heterocycles. The lowest BCUT2D eigenvalue weighted by atomic mass is 9.95. The molecule has 1 aliphatic heterocycles. The van der Waals surface area contributed by atoms with Crippen LogP contribution in [0.25, 0.3) is 16.7 Å². The monoisotopic (exact) mass is 409 g/mol. The number of fused-ring (bicyclic) bond motifs is 1. The minimum absolute atomic E-state index is 0.0661. The van der Waals surface area contributed by atoms with Gasteiger partial charge in [0.25, 0.3) is 11.7 Å². The Balaban J connectivity index is 1.82. The van der Waals surface area contributed by atoms with Crippen molar-refractivity contribution >= 4 is 34.0 Å². The number of carbonyl (C=O) groups excluding carboxylic acids is 2. The van der Waals surface area contributed by atoms with Crippen molar-refractivity contribution in [2.24, 2.45) is 7.05 Å². The normalized spacial score (nSPS) is 18.1. The van der Waals surface area contributed by atoms with Gasteiger partial charge in [-0.3, -0.25) is 19.5 Å². The molecule has 0 radical (unpaired) electrons. The van der Waals surface area contributed by atoms with Gasteiger partial charge in [0.15, 0.2) is 0 Å². The van der Waals surface area contributed by atoms with E-state index in [-0.39, 0.29) is 11.3 Å². The lowest BCUT2D eigenvalue weighted by Crippen LogP contribution is -2.29. The molecule has 6 heteroatoms. The Morgan fingerprint density at radius 3 is 2.35 bits per heavy atom. The zero-order valence-corrected chi connectivity index (χ0v) is 16.8. The van der Waals surface area contributed by atoms with E-state index in [1.54, 1.807) is 24.3 Å². The molecule has 1 N–H and O–H groups in total. The molecule has 4 aromatic rings. The van der Waals surface area contributed by atoms with Gasteiger partial charge in [-0.1, -0.05) is 36.4 Å². The molecule has 1 fully saturated rings. The van der Waals surface area contributed by atoms with Crippen molar-refractivity contribution < 1.29 is 14.7 Å². The van der Waals surface area contributed by atoms with Gasteiger partial charge in [-0.2, -0.15) is 0 Å². The number of Topliss-reactive ketones (excluding diaryl/α,β-unsaturated/α-hetero) is 1. The summed E-state index contributed by atoms with van der Waals surface area (Å²) in [7, 11) is 1.92. The van der Waals surface area contributed by atoms with Gasteiger partial charge < -0.3 is 9.67 Å². The first-order valence-corrected chi connectivity index (χ1v) is 9.88. The number of rotatable bonds is 3. The second-order valence-corrected chi connectivity index (χ2v) is 7.45. The Labute approximate surface area is 178 Å². The van der Waals surface area contributed by atoms with Crippen LogP contribution >= 0.6 is 0 Å². The average molecular weight is 409 g/mol. The number of carbonyl (C=O) groups is 2. The van der Waals surface area contributed by atoms with Crippen LogP contribution in [0.2, 0.25) is 0 Å². The molecule has 1 unspecified atom stereocenters. The molecule has 0 aliphatic carbocycles.